The van der Waals surface area contributed by atoms with E-state index in [0.29, 0.717) is 64.3 Å². The molecule has 0 saturated carbocycles. The molecule has 0 spiro atoms. The fraction of sp³-hybridized carbons (Fsp3) is 0.591. The Bertz CT molecular complexity index is 843. The highest BCUT2D eigenvalue weighted by atomic mass is 19.1. The fourth-order valence-corrected chi connectivity index (χ4v) is 4.40. The highest BCUT2D eigenvalue weighted by Gasteiger charge is 2.32. The molecule has 0 radical (unpaired) electrons. The molecule has 3 heterocycles. The topological polar surface area (TPSA) is 82.2 Å². The van der Waals surface area contributed by atoms with Crippen LogP contribution in [0.4, 0.5) is 15.8 Å². The van der Waals surface area contributed by atoms with Gasteiger partial charge in [-0.25, -0.2) is 4.39 Å². The average molecular weight is 432 g/mol. The Balaban J connectivity index is 1.40. The van der Waals surface area contributed by atoms with Crippen molar-refractivity contribution in [1.29, 1.82) is 0 Å². The zero-order valence-electron chi connectivity index (χ0n) is 17.6. The monoisotopic (exact) mass is 432 g/mol. The number of ether oxygens (including phenoxy) is 1. The first-order chi connectivity index (χ1) is 15.0. The summed E-state index contributed by atoms with van der Waals surface area (Å²) in [5.74, 6) is -0.812. The molecule has 3 aliphatic heterocycles. The van der Waals surface area contributed by atoms with Crippen LogP contribution in [0.3, 0.4) is 0 Å². The Morgan fingerprint density at radius 3 is 2.58 bits per heavy atom. The molecule has 31 heavy (non-hydrogen) atoms. The lowest BCUT2D eigenvalue weighted by molar-refractivity contribution is -0.134. The Labute approximate surface area is 181 Å². The molecule has 4 rings (SSSR count). The summed E-state index contributed by atoms with van der Waals surface area (Å²) in [4.78, 5) is 42.2. The molecule has 3 amide bonds. The van der Waals surface area contributed by atoms with Crippen molar-refractivity contribution < 1.29 is 23.5 Å². The smallest absolute Gasteiger partial charge is 0.244 e. The first-order valence-electron chi connectivity index (χ1n) is 11.0. The second kappa shape index (κ2) is 9.74. The van der Waals surface area contributed by atoms with E-state index in [2.05, 4.69) is 5.32 Å². The number of hydrogen-bond acceptors (Lipinski definition) is 5. The number of benzene rings is 1. The quantitative estimate of drug-likeness (QED) is 0.758. The fourth-order valence-electron chi connectivity index (χ4n) is 4.40. The van der Waals surface area contributed by atoms with Gasteiger partial charge in [-0.05, 0) is 43.9 Å². The van der Waals surface area contributed by atoms with E-state index in [1.807, 2.05) is 0 Å². The second-order valence-electron chi connectivity index (χ2n) is 8.20. The van der Waals surface area contributed by atoms with Crippen molar-refractivity contribution in [3.63, 3.8) is 0 Å². The van der Waals surface area contributed by atoms with Gasteiger partial charge < -0.3 is 19.4 Å². The van der Waals surface area contributed by atoms with Crippen molar-refractivity contribution >= 4 is 29.1 Å². The summed E-state index contributed by atoms with van der Waals surface area (Å²) < 4.78 is 20.2. The Morgan fingerprint density at radius 2 is 1.84 bits per heavy atom. The first-order valence-corrected chi connectivity index (χ1v) is 11.0. The third kappa shape index (κ3) is 4.88. The van der Waals surface area contributed by atoms with E-state index < -0.39 is 11.9 Å². The van der Waals surface area contributed by atoms with E-state index >= 15 is 0 Å². The van der Waals surface area contributed by atoms with Crippen molar-refractivity contribution in [2.24, 2.45) is 0 Å². The summed E-state index contributed by atoms with van der Waals surface area (Å²) >= 11 is 0. The number of hydrogen-bond donors (Lipinski definition) is 1. The van der Waals surface area contributed by atoms with Crippen molar-refractivity contribution in [2.75, 3.05) is 55.7 Å². The van der Waals surface area contributed by atoms with Crippen molar-refractivity contribution in [3.8, 4) is 0 Å². The molecule has 1 aromatic carbocycles. The predicted molar refractivity (Wildman–Crippen MR) is 113 cm³/mol. The van der Waals surface area contributed by atoms with Gasteiger partial charge in [0.25, 0.3) is 0 Å². The van der Waals surface area contributed by atoms with E-state index in [1.165, 1.54) is 11.0 Å². The maximum Gasteiger partial charge on any atom is 0.244 e. The van der Waals surface area contributed by atoms with Crippen LogP contribution in [-0.2, 0) is 19.1 Å². The third-order valence-electron chi connectivity index (χ3n) is 6.16. The SMILES string of the molecule is O=C(CNC1CCCN(c2ccc(N3CCCCC3=O)cc2F)C1=O)N1CCOCC1. The van der Waals surface area contributed by atoms with E-state index in [4.69, 9.17) is 4.74 Å². The van der Waals surface area contributed by atoms with Crippen LogP contribution in [0.15, 0.2) is 18.2 Å². The summed E-state index contributed by atoms with van der Waals surface area (Å²) in [5.41, 5.74) is 0.741. The molecule has 3 aliphatic rings. The molecule has 1 atom stereocenters. The molecular weight excluding hydrogens is 403 g/mol. The second-order valence-corrected chi connectivity index (χ2v) is 8.20. The Morgan fingerprint density at radius 1 is 1.06 bits per heavy atom. The van der Waals surface area contributed by atoms with E-state index in [-0.39, 0.29) is 30.0 Å². The van der Waals surface area contributed by atoms with Gasteiger partial charge in [-0.15, -0.1) is 0 Å². The molecule has 3 saturated heterocycles. The van der Waals surface area contributed by atoms with Gasteiger partial charge in [0.05, 0.1) is 31.5 Å². The van der Waals surface area contributed by atoms with E-state index in [1.54, 1.807) is 21.9 Å². The molecule has 1 unspecified atom stereocenters. The Kier molecular flexibility index (Phi) is 6.82. The van der Waals surface area contributed by atoms with Crippen LogP contribution in [0.5, 0.6) is 0 Å². The lowest BCUT2D eigenvalue weighted by atomic mass is 10.0. The lowest BCUT2D eigenvalue weighted by Gasteiger charge is -2.34. The molecular formula is C22H29FN4O4. The molecule has 1 aromatic rings. The van der Waals surface area contributed by atoms with Gasteiger partial charge in [-0.2, -0.15) is 0 Å². The molecule has 3 fully saturated rings. The van der Waals surface area contributed by atoms with Crippen molar-refractivity contribution in [2.45, 2.75) is 38.1 Å². The minimum atomic E-state index is -0.526. The summed E-state index contributed by atoms with van der Waals surface area (Å²) in [6.45, 7) is 3.25. The number of carbonyl (C=O) groups is 3. The number of rotatable bonds is 5. The summed E-state index contributed by atoms with van der Waals surface area (Å²) in [6, 6.07) is 4.09. The standard InChI is InChI=1S/C22H29FN4O4/c23-17-14-16(26-8-2-1-5-20(26)28)6-7-19(17)27-9-3-4-18(22(27)30)24-15-21(29)25-10-12-31-13-11-25/h6-7,14,18,24H,1-5,8-13,15H2. The average Bonchev–Trinajstić information content (AvgIpc) is 2.79. The van der Waals surface area contributed by atoms with Gasteiger partial charge in [0.2, 0.25) is 17.7 Å². The summed E-state index contributed by atoms with van der Waals surface area (Å²) in [6.07, 6.45) is 3.55. The van der Waals surface area contributed by atoms with E-state index in [0.717, 1.165) is 12.8 Å². The summed E-state index contributed by atoms with van der Waals surface area (Å²) in [7, 11) is 0. The highest BCUT2D eigenvalue weighted by molar-refractivity contribution is 5.99. The van der Waals surface area contributed by atoms with Crippen LogP contribution in [0.1, 0.15) is 32.1 Å². The normalized spacial score (nSPS) is 22.7. The van der Waals surface area contributed by atoms with Crippen LogP contribution in [0.25, 0.3) is 0 Å². The number of morpholine rings is 1. The van der Waals surface area contributed by atoms with Gasteiger partial charge in [0.15, 0.2) is 0 Å². The maximum absolute atomic E-state index is 14.9. The first kappa shape index (κ1) is 21.7. The molecule has 8 nitrogen and oxygen atoms in total. The number of nitrogens with zero attached hydrogens (tertiary/aromatic N) is 3. The minimum Gasteiger partial charge on any atom is -0.378 e. The van der Waals surface area contributed by atoms with Crippen LogP contribution < -0.4 is 15.1 Å². The molecule has 1 N–H and O–H groups in total. The highest BCUT2D eigenvalue weighted by Crippen LogP contribution is 2.29. The van der Waals surface area contributed by atoms with Crippen molar-refractivity contribution in [1.82, 2.24) is 10.2 Å². The number of halogens is 1. The van der Waals surface area contributed by atoms with Gasteiger partial charge in [-0.3, -0.25) is 19.7 Å². The predicted octanol–water partition coefficient (Wildman–Crippen LogP) is 1.29. The molecule has 0 bridgehead atoms. The maximum atomic E-state index is 14.9. The number of anilines is 2. The van der Waals surface area contributed by atoms with Crippen LogP contribution in [0, 0.1) is 5.82 Å². The number of carbonyl (C=O) groups excluding carboxylic acids is 3. The van der Waals surface area contributed by atoms with Crippen LogP contribution >= 0.6 is 0 Å². The van der Waals surface area contributed by atoms with Gasteiger partial charge in [0, 0.05) is 38.3 Å². The number of amides is 3. The summed E-state index contributed by atoms with van der Waals surface area (Å²) in [5, 5.41) is 3.06. The molecule has 9 heteroatoms. The van der Waals surface area contributed by atoms with Crippen LogP contribution in [0.2, 0.25) is 0 Å². The van der Waals surface area contributed by atoms with Crippen molar-refractivity contribution in [3.05, 3.63) is 24.0 Å². The van der Waals surface area contributed by atoms with Gasteiger partial charge >= 0.3 is 0 Å². The van der Waals surface area contributed by atoms with Gasteiger partial charge in [0.1, 0.15) is 5.82 Å². The van der Waals surface area contributed by atoms with E-state index in [9.17, 15) is 18.8 Å². The third-order valence-corrected chi connectivity index (χ3v) is 6.16. The zero-order valence-corrected chi connectivity index (χ0v) is 17.6. The molecule has 168 valence electrons. The largest absolute Gasteiger partial charge is 0.378 e. The zero-order chi connectivity index (χ0) is 21.8. The number of piperidine rings is 2. The van der Waals surface area contributed by atoms with Gasteiger partial charge in [-0.1, -0.05) is 0 Å². The lowest BCUT2D eigenvalue weighted by Crippen LogP contribution is -2.54. The molecule has 0 aromatic heterocycles. The van der Waals surface area contributed by atoms with Crippen LogP contribution in [-0.4, -0.2) is 74.6 Å². The Hall–Kier alpha value is -2.52. The molecule has 0 aliphatic carbocycles. The number of nitrogens with one attached hydrogen (secondary N) is 1. The minimum absolute atomic E-state index is 0.00153.